The monoisotopic (exact) mass is 261 g/mol. The van der Waals surface area contributed by atoms with Crippen LogP contribution in [0.1, 0.15) is 11.3 Å². The number of hydrogen-bond acceptors (Lipinski definition) is 2. The largest absolute Gasteiger partial charge is 0.356 e. The normalized spacial score (nSPS) is 9.92. The SMILES string of the molecule is O=C(CCBr)NCCc1cccs1. The zero-order valence-electron chi connectivity index (χ0n) is 7.25. The molecule has 0 bridgehead atoms. The lowest BCUT2D eigenvalue weighted by molar-refractivity contribution is -0.120. The van der Waals surface area contributed by atoms with Crippen LogP contribution in [-0.2, 0) is 11.2 Å². The van der Waals surface area contributed by atoms with Crippen molar-refractivity contribution in [2.45, 2.75) is 12.8 Å². The highest BCUT2D eigenvalue weighted by molar-refractivity contribution is 9.09. The van der Waals surface area contributed by atoms with E-state index in [1.54, 1.807) is 11.3 Å². The summed E-state index contributed by atoms with van der Waals surface area (Å²) in [6.07, 6.45) is 1.50. The van der Waals surface area contributed by atoms with E-state index in [9.17, 15) is 4.79 Å². The molecule has 0 aliphatic carbocycles. The summed E-state index contributed by atoms with van der Waals surface area (Å²) in [5.41, 5.74) is 0. The Labute approximate surface area is 90.5 Å². The lowest BCUT2D eigenvalue weighted by atomic mass is 10.3. The number of rotatable bonds is 5. The van der Waals surface area contributed by atoms with Crippen molar-refractivity contribution >= 4 is 33.2 Å². The fraction of sp³-hybridized carbons (Fsp3) is 0.444. The third kappa shape index (κ3) is 4.43. The van der Waals surface area contributed by atoms with Gasteiger partial charge < -0.3 is 5.32 Å². The van der Waals surface area contributed by atoms with Gasteiger partial charge in [-0.1, -0.05) is 22.0 Å². The maximum absolute atomic E-state index is 11.0. The van der Waals surface area contributed by atoms with Crippen molar-refractivity contribution in [3.05, 3.63) is 22.4 Å². The fourth-order valence-electron chi connectivity index (χ4n) is 0.954. The number of carbonyl (C=O) groups excluding carboxylic acids is 1. The van der Waals surface area contributed by atoms with Gasteiger partial charge in [-0.3, -0.25) is 4.79 Å². The van der Waals surface area contributed by atoms with Gasteiger partial charge in [0.2, 0.25) is 5.91 Å². The van der Waals surface area contributed by atoms with Crippen molar-refractivity contribution in [3.63, 3.8) is 0 Å². The van der Waals surface area contributed by atoms with E-state index in [2.05, 4.69) is 32.7 Å². The minimum atomic E-state index is 0.119. The fourth-order valence-corrected chi connectivity index (χ4v) is 2.02. The molecule has 0 saturated carbocycles. The summed E-state index contributed by atoms with van der Waals surface area (Å²) in [6, 6.07) is 4.11. The molecule has 1 amide bonds. The molecule has 1 aromatic heterocycles. The zero-order chi connectivity index (χ0) is 9.52. The molecule has 1 aromatic rings. The van der Waals surface area contributed by atoms with Crippen LogP contribution < -0.4 is 5.32 Å². The van der Waals surface area contributed by atoms with E-state index in [1.807, 2.05) is 6.07 Å². The summed E-state index contributed by atoms with van der Waals surface area (Å²) >= 11 is 4.95. The molecule has 0 atom stereocenters. The number of amides is 1. The van der Waals surface area contributed by atoms with E-state index < -0.39 is 0 Å². The third-order valence-electron chi connectivity index (χ3n) is 1.60. The van der Waals surface area contributed by atoms with Crippen LogP contribution in [0, 0.1) is 0 Å². The van der Waals surface area contributed by atoms with E-state index in [0.29, 0.717) is 6.42 Å². The predicted molar refractivity (Wildman–Crippen MR) is 59.4 cm³/mol. The van der Waals surface area contributed by atoms with Crippen molar-refractivity contribution in [1.29, 1.82) is 0 Å². The van der Waals surface area contributed by atoms with Gasteiger partial charge >= 0.3 is 0 Å². The molecule has 0 spiro atoms. The van der Waals surface area contributed by atoms with E-state index in [4.69, 9.17) is 0 Å². The molecular weight excluding hydrogens is 250 g/mol. The van der Waals surface area contributed by atoms with Gasteiger partial charge in [-0.25, -0.2) is 0 Å². The molecule has 72 valence electrons. The second-order valence-corrected chi connectivity index (χ2v) is 4.44. The molecule has 4 heteroatoms. The van der Waals surface area contributed by atoms with Gasteiger partial charge in [0, 0.05) is 23.2 Å². The van der Waals surface area contributed by atoms with Gasteiger partial charge in [0.1, 0.15) is 0 Å². The highest BCUT2D eigenvalue weighted by atomic mass is 79.9. The summed E-state index contributed by atoms with van der Waals surface area (Å²) in [7, 11) is 0. The highest BCUT2D eigenvalue weighted by Crippen LogP contribution is 2.07. The lowest BCUT2D eigenvalue weighted by Crippen LogP contribution is -2.25. The molecule has 1 rings (SSSR count). The third-order valence-corrected chi connectivity index (χ3v) is 2.93. The molecule has 13 heavy (non-hydrogen) atoms. The van der Waals surface area contributed by atoms with Crippen LogP contribution in [0.3, 0.4) is 0 Å². The van der Waals surface area contributed by atoms with Crippen LogP contribution in [0.25, 0.3) is 0 Å². The number of halogens is 1. The molecule has 0 aliphatic rings. The summed E-state index contributed by atoms with van der Waals surface area (Å²) in [6.45, 7) is 0.742. The van der Waals surface area contributed by atoms with Crippen molar-refractivity contribution < 1.29 is 4.79 Å². The average molecular weight is 262 g/mol. The summed E-state index contributed by atoms with van der Waals surface area (Å²) in [4.78, 5) is 12.4. The predicted octanol–water partition coefficient (Wildman–Crippen LogP) is 2.19. The van der Waals surface area contributed by atoms with Gasteiger partial charge in [-0.15, -0.1) is 11.3 Å². The van der Waals surface area contributed by atoms with Crippen molar-refractivity contribution in [3.8, 4) is 0 Å². The first kappa shape index (κ1) is 10.7. The lowest BCUT2D eigenvalue weighted by Gasteiger charge is -2.01. The smallest absolute Gasteiger partial charge is 0.220 e. The molecule has 2 nitrogen and oxygen atoms in total. The number of alkyl halides is 1. The average Bonchev–Trinajstić information content (AvgIpc) is 2.57. The molecule has 0 aromatic carbocycles. The summed E-state index contributed by atoms with van der Waals surface area (Å²) in [5, 5.41) is 5.64. The Bertz CT molecular complexity index is 248. The molecule has 0 fully saturated rings. The molecular formula is C9H12BrNOS. The maximum atomic E-state index is 11.0. The van der Waals surface area contributed by atoms with E-state index in [1.165, 1.54) is 4.88 Å². The van der Waals surface area contributed by atoms with E-state index in [-0.39, 0.29) is 5.91 Å². The van der Waals surface area contributed by atoms with Crippen molar-refractivity contribution in [2.75, 3.05) is 11.9 Å². The van der Waals surface area contributed by atoms with Crippen molar-refractivity contribution in [2.24, 2.45) is 0 Å². The van der Waals surface area contributed by atoms with Gasteiger partial charge in [0.05, 0.1) is 0 Å². The van der Waals surface area contributed by atoms with Gasteiger partial charge in [-0.2, -0.15) is 0 Å². The second-order valence-electron chi connectivity index (χ2n) is 2.62. The Kier molecular flexibility index (Phi) is 5.08. The Morgan fingerprint density at radius 3 is 3.08 bits per heavy atom. The van der Waals surface area contributed by atoms with Crippen LogP contribution in [0.5, 0.6) is 0 Å². The number of carbonyl (C=O) groups is 1. The minimum absolute atomic E-state index is 0.119. The van der Waals surface area contributed by atoms with Crippen molar-refractivity contribution in [1.82, 2.24) is 5.32 Å². The number of hydrogen-bond donors (Lipinski definition) is 1. The Morgan fingerprint density at radius 1 is 1.62 bits per heavy atom. The Hall–Kier alpha value is -0.350. The summed E-state index contributed by atoms with van der Waals surface area (Å²) in [5.74, 6) is 0.119. The van der Waals surface area contributed by atoms with Crippen LogP contribution in [0.15, 0.2) is 17.5 Å². The van der Waals surface area contributed by atoms with Gasteiger partial charge in [0.25, 0.3) is 0 Å². The first-order chi connectivity index (χ1) is 6.33. The zero-order valence-corrected chi connectivity index (χ0v) is 9.66. The Balaban J connectivity index is 2.11. The molecule has 1 heterocycles. The maximum Gasteiger partial charge on any atom is 0.220 e. The first-order valence-corrected chi connectivity index (χ1v) is 6.18. The van der Waals surface area contributed by atoms with Gasteiger partial charge in [0.15, 0.2) is 0 Å². The topological polar surface area (TPSA) is 29.1 Å². The van der Waals surface area contributed by atoms with Crippen LogP contribution in [0.4, 0.5) is 0 Å². The summed E-state index contributed by atoms with van der Waals surface area (Å²) < 4.78 is 0. The van der Waals surface area contributed by atoms with Crippen LogP contribution in [0.2, 0.25) is 0 Å². The van der Waals surface area contributed by atoms with E-state index in [0.717, 1.165) is 18.3 Å². The first-order valence-electron chi connectivity index (χ1n) is 4.18. The van der Waals surface area contributed by atoms with Gasteiger partial charge in [-0.05, 0) is 17.9 Å². The number of thiophene rings is 1. The highest BCUT2D eigenvalue weighted by Gasteiger charge is 1.98. The van der Waals surface area contributed by atoms with Crippen LogP contribution in [-0.4, -0.2) is 17.8 Å². The quantitative estimate of drug-likeness (QED) is 0.810. The molecule has 0 unspecified atom stereocenters. The second kappa shape index (κ2) is 6.16. The molecule has 0 saturated heterocycles. The Morgan fingerprint density at radius 2 is 2.46 bits per heavy atom. The molecule has 0 radical (unpaired) electrons. The van der Waals surface area contributed by atoms with E-state index >= 15 is 0 Å². The van der Waals surface area contributed by atoms with Crippen LogP contribution >= 0.6 is 27.3 Å². The molecule has 0 aliphatic heterocycles. The number of nitrogens with one attached hydrogen (secondary N) is 1. The molecule has 1 N–H and O–H groups in total. The minimum Gasteiger partial charge on any atom is -0.356 e. The standard InChI is InChI=1S/C9H12BrNOS/c10-5-3-9(12)11-6-4-8-2-1-7-13-8/h1-2,7H,3-6H2,(H,11,12).